The molecule has 1 unspecified atom stereocenters. The Morgan fingerprint density at radius 2 is 2.07 bits per heavy atom. The van der Waals surface area contributed by atoms with Crippen molar-refractivity contribution in [3.63, 3.8) is 0 Å². The molecule has 0 aliphatic carbocycles. The van der Waals surface area contributed by atoms with Crippen LogP contribution in [0.15, 0.2) is 42.0 Å². The van der Waals surface area contributed by atoms with Gasteiger partial charge in [-0.3, -0.25) is 14.9 Å². The molecule has 1 saturated heterocycles. The molecule has 4 rings (SSSR count). The SMILES string of the molecule is O=C1NC(=O)C(CNC(=O)c2cnn(-c3ccc(F)cc3)n2)(c2nccs2)N1. The van der Waals surface area contributed by atoms with Gasteiger partial charge in [-0.15, -0.1) is 16.4 Å². The predicted octanol–water partition coefficient (Wildman–Crippen LogP) is 0.328. The summed E-state index contributed by atoms with van der Waals surface area (Å²) in [6.07, 6.45) is 2.73. The molecule has 0 spiro atoms. The Labute approximate surface area is 160 Å². The number of carbonyl (C=O) groups is 3. The summed E-state index contributed by atoms with van der Waals surface area (Å²) < 4.78 is 13.0. The van der Waals surface area contributed by atoms with Crippen molar-refractivity contribution in [2.75, 3.05) is 6.54 Å². The molecular formula is C16H12FN7O3S. The second-order valence-electron chi connectivity index (χ2n) is 5.83. The summed E-state index contributed by atoms with van der Waals surface area (Å²) in [5, 5.41) is 17.3. The molecule has 4 amide bonds. The number of nitrogens with zero attached hydrogens (tertiary/aromatic N) is 4. The normalized spacial score (nSPS) is 18.6. The van der Waals surface area contributed by atoms with Crippen LogP contribution in [0.5, 0.6) is 0 Å². The van der Waals surface area contributed by atoms with Crippen LogP contribution in [-0.4, -0.2) is 44.4 Å². The van der Waals surface area contributed by atoms with Crippen molar-refractivity contribution in [3.05, 3.63) is 58.6 Å². The van der Waals surface area contributed by atoms with Crippen molar-refractivity contribution in [2.24, 2.45) is 0 Å². The fraction of sp³-hybridized carbons (Fsp3) is 0.125. The first kappa shape index (κ1) is 17.7. The molecule has 28 heavy (non-hydrogen) atoms. The van der Waals surface area contributed by atoms with Crippen molar-refractivity contribution in [2.45, 2.75) is 5.54 Å². The highest BCUT2D eigenvalue weighted by atomic mass is 32.1. The summed E-state index contributed by atoms with van der Waals surface area (Å²) >= 11 is 1.17. The second-order valence-corrected chi connectivity index (χ2v) is 6.72. The van der Waals surface area contributed by atoms with Crippen molar-refractivity contribution < 1.29 is 18.8 Å². The second kappa shape index (κ2) is 6.81. The zero-order chi connectivity index (χ0) is 19.7. The number of hydrogen-bond acceptors (Lipinski definition) is 7. The van der Waals surface area contributed by atoms with Crippen LogP contribution >= 0.6 is 11.3 Å². The highest BCUT2D eigenvalue weighted by Gasteiger charge is 2.50. The van der Waals surface area contributed by atoms with Gasteiger partial charge >= 0.3 is 6.03 Å². The fourth-order valence-corrected chi connectivity index (χ4v) is 3.44. The smallest absolute Gasteiger partial charge is 0.322 e. The maximum Gasteiger partial charge on any atom is 0.322 e. The molecule has 10 nitrogen and oxygen atoms in total. The monoisotopic (exact) mass is 401 g/mol. The minimum atomic E-state index is -1.49. The molecule has 1 atom stereocenters. The number of rotatable bonds is 5. The van der Waals surface area contributed by atoms with E-state index in [-0.39, 0.29) is 12.2 Å². The van der Waals surface area contributed by atoms with Crippen LogP contribution in [0.25, 0.3) is 5.69 Å². The maximum atomic E-state index is 13.0. The topological polar surface area (TPSA) is 131 Å². The van der Waals surface area contributed by atoms with Crippen LogP contribution < -0.4 is 16.0 Å². The summed E-state index contributed by atoms with van der Waals surface area (Å²) in [7, 11) is 0. The number of urea groups is 1. The molecule has 0 saturated carbocycles. The Hall–Kier alpha value is -3.67. The number of imide groups is 1. The Balaban J connectivity index is 1.51. The van der Waals surface area contributed by atoms with Crippen LogP contribution in [0.3, 0.4) is 0 Å². The van der Waals surface area contributed by atoms with Crippen LogP contribution in [0, 0.1) is 5.82 Å². The zero-order valence-electron chi connectivity index (χ0n) is 14.0. The third kappa shape index (κ3) is 3.09. The number of benzene rings is 1. The molecule has 1 aliphatic rings. The lowest BCUT2D eigenvalue weighted by Crippen LogP contribution is -2.52. The molecule has 12 heteroatoms. The number of carbonyl (C=O) groups excluding carboxylic acids is 3. The summed E-state index contributed by atoms with van der Waals surface area (Å²) in [5.41, 5.74) is -1.03. The lowest BCUT2D eigenvalue weighted by molar-refractivity contribution is -0.124. The van der Waals surface area contributed by atoms with Gasteiger partial charge < -0.3 is 10.6 Å². The van der Waals surface area contributed by atoms with E-state index in [1.54, 1.807) is 5.38 Å². The maximum absolute atomic E-state index is 13.0. The first-order valence-electron chi connectivity index (χ1n) is 7.98. The fourth-order valence-electron chi connectivity index (χ4n) is 2.65. The Kier molecular flexibility index (Phi) is 4.31. The van der Waals surface area contributed by atoms with Crippen molar-refractivity contribution in [1.82, 2.24) is 35.9 Å². The lowest BCUT2D eigenvalue weighted by Gasteiger charge is -2.23. The minimum Gasteiger partial charge on any atom is -0.347 e. The van der Waals surface area contributed by atoms with E-state index in [1.165, 1.54) is 52.8 Å². The van der Waals surface area contributed by atoms with Crippen LogP contribution in [0.1, 0.15) is 15.5 Å². The van der Waals surface area contributed by atoms with E-state index < -0.39 is 29.2 Å². The van der Waals surface area contributed by atoms with Crippen molar-refractivity contribution in [1.29, 1.82) is 0 Å². The standard InChI is InChI=1S/C16H12FN7O3S/c17-9-1-3-10(4-2-9)24-20-7-11(23-24)12(25)19-8-16(14-18-5-6-28-14)13(26)21-15(27)22-16/h1-7H,8H2,(H,19,25)(H2,21,22,26,27). The van der Waals surface area contributed by atoms with Gasteiger partial charge in [0.2, 0.25) is 0 Å². The molecule has 3 heterocycles. The predicted molar refractivity (Wildman–Crippen MR) is 94.1 cm³/mol. The summed E-state index contributed by atoms with van der Waals surface area (Å²) in [4.78, 5) is 41.7. The van der Waals surface area contributed by atoms with E-state index in [2.05, 4.69) is 31.1 Å². The number of amides is 4. The average Bonchev–Trinajstić information content (AvgIpc) is 3.41. The number of halogens is 1. The Bertz CT molecular complexity index is 1050. The van der Waals surface area contributed by atoms with E-state index in [9.17, 15) is 18.8 Å². The van der Waals surface area contributed by atoms with Gasteiger partial charge in [-0.05, 0) is 24.3 Å². The van der Waals surface area contributed by atoms with Crippen LogP contribution in [0.2, 0.25) is 0 Å². The third-order valence-corrected chi connectivity index (χ3v) is 4.97. The molecule has 1 aromatic carbocycles. The largest absolute Gasteiger partial charge is 0.347 e. The third-order valence-electron chi connectivity index (χ3n) is 4.04. The minimum absolute atomic E-state index is 0.0108. The average molecular weight is 401 g/mol. The van der Waals surface area contributed by atoms with E-state index in [0.29, 0.717) is 10.7 Å². The highest BCUT2D eigenvalue weighted by molar-refractivity contribution is 7.09. The summed E-state index contributed by atoms with van der Waals surface area (Å²) in [6, 6.07) is 4.76. The van der Waals surface area contributed by atoms with Crippen LogP contribution in [-0.2, 0) is 10.3 Å². The summed E-state index contributed by atoms with van der Waals surface area (Å²) in [6.45, 7) is -0.222. The first-order valence-corrected chi connectivity index (χ1v) is 8.86. The van der Waals surface area contributed by atoms with E-state index in [1.807, 2.05) is 0 Å². The number of nitrogens with one attached hydrogen (secondary N) is 3. The van der Waals surface area contributed by atoms with E-state index in [4.69, 9.17) is 0 Å². The highest BCUT2D eigenvalue weighted by Crippen LogP contribution is 2.26. The molecule has 0 radical (unpaired) electrons. The van der Waals surface area contributed by atoms with Gasteiger partial charge in [-0.1, -0.05) is 0 Å². The van der Waals surface area contributed by atoms with Gasteiger partial charge in [0.05, 0.1) is 18.4 Å². The molecule has 2 aromatic heterocycles. The van der Waals surface area contributed by atoms with E-state index in [0.717, 1.165) is 0 Å². The number of thiazole rings is 1. The molecular weight excluding hydrogens is 389 g/mol. The van der Waals surface area contributed by atoms with E-state index >= 15 is 0 Å². The molecule has 3 N–H and O–H groups in total. The zero-order valence-corrected chi connectivity index (χ0v) is 14.9. The van der Waals surface area contributed by atoms with Gasteiger partial charge in [-0.2, -0.15) is 9.90 Å². The van der Waals surface area contributed by atoms with Gasteiger partial charge in [0.25, 0.3) is 11.8 Å². The van der Waals surface area contributed by atoms with Gasteiger partial charge in [0, 0.05) is 11.6 Å². The van der Waals surface area contributed by atoms with Crippen molar-refractivity contribution in [3.8, 4) is 5.69 Å². The Morgan fingerprint density at radius 1 is 1.29 bits per heavy atom. The first-order chi connectivity index (χ1) is 13.5. The molecule has 1 fully saturated rings. The van der Waals surface area contributed by atoms with Crippen LogP contribution in [0.4, 0.5) is 9.18 Å². The quantitative estimate of drug-likeness (QED) is 0.528. The molecule has 1 aliphatic heterocycles. The molecule has 3 aromatic rings. The molecule has 142 valence electrons. The molecule has 0 bridgehead atoms. The number of aromatic nitrogens is 4. The Morgan fingerprint density at radius 3 is 2.71 bits per heavy atom. The van der Waals surface area contributed by atoms with Gasteiger partial charge in [0.15, 0.2) is 11.2 Å². The number of hydrogen-bond donors (Lipinski definition) is 3. The lowest BCUT2D eigenvalue weighted by atomic mass is 10.0. The summed E-state index contributed by atoms with van der Waals surface area (Å²) in [5.74, 6) is -1.61. The van der Waals surface area contributed by atoms with Crippen molar-refractivity contribution >= 4 is 29.2 Å². The van der Waals surface area contributed by atoms with Gasteiger partial charge in [-0.25, -0.2) is 14.2 Å². The van der Waals surface area contributed by atoms with Gasteiger partial charge in [0.1, 0.15) is 10.8 Å².